The number of allylic oxidation sites excluding steroid dienone is 2. The molecular weight excluding hydrogens is 310 g/mol. The average Bonchev–Trinajstić information content (AvgIpc) is 3.09. The van der Waals surface area contributed by atoms with Crippen LogP contribution in [0.4, 0.5) is 0 Å². The largest absolute Gasteiger partial charge is 0.464 e. The lowest BCUT2D eigenvalue weighted by molar-refractivity contribution is 0.0595. The van der Waals surface area contributed by atoms with Crippen molar-refractivity contribution in [1.82, 2.24) is 4.98 Å². The zero-order valence-electron chi connectivity index (χ0n) is 11.1. The summed E-state index contributed by atoms with van der Waals surface area (Å²) < 4.78 is 4.75. The van der Waals surface area contributed by atoms with Crippen LogP contribution in [0.5, 0.6) is 0 Å². The molecule has 1 aliphatic carbocycles. The number of hydrogen-bond acceptors (Lipinski definition) is 5. The summed E-state index contributed by atoms with van der Waals surface area (Å²) in [6.07, 6.45) is 2.60. The highest BCUT2D eigenvalue weighted by Crippen LogP contribution is 2.33. The molecule has 21 heavy (non-hydrogen) atoms. The first-order valence-electron chi connectivity index (χ1n) is 6.19. The number of thiazole rings is 1. The number of benzene rings is 1. The quantitative estimate of drug-likeness (QED) is 0.642. The SMILES string of the molecule is COC(=O)c1nc(C(=O)C2=CCc3ccccc32)sc1Cl. The number of carbonyl (C=O) groups excluding carboxylic acids is 2. The van der Waals surface area contributed by atoms with Crippen molar-refractivity contribution in [2.75, 3.05) is 7.11 Å². The normalized spacial score (nSPS) is 12.8. The van der Waals surface area contributed by atoms with Crippen molar-refractivity contribution >= 4 is 40.3 Å². The Morgan fingerprint density at radius 1 is 1.33 bits per heavy atom. The summed E-state index contributed by atoms with van der Waals surface area (Å²) in [5.74, 6) is -0.863. The average molecular weight is 320 g/mol. The Bertz CT molecular complexity index is 779. The first-order valence-corrected chi connectivity index (χ1v) is 7.39. The van der Waals surface area contributed by atoms with Crippen LogP contribution < -0.4 is 0 Å². The van der Waals surface area contributed by atoms with Gasteiger partial charge in [0, 0.05) is 5.57 Å². The van der Waals surface area contributed by atoms with Crippen LogP contribution in [0.15, 0.2) is 30.3 Å². The van der Waals surface area contributed by atoms with Crippen LogP contribution in [0.2, 0.25) is 4.34 Å². The number of fused-ring (bicyclic) bond motifs is 1. The predicted octanol–water partition coefficient (Wildman–Crippen LogP) is 3.41. The van der Waals surface area contributed by atoms with Crippen molar-refractivity contribution in [2.24, 2.45) is 0 Å². The van der Waals surface area contributed by atoms with Crippen molar-refractivity contribution in [1.29, 1.82) is 0 Å². The molecule has 0 radical (unpaired) electrons. The van der Waals surface area contributed by atoms with Gasteiger partial charge in [0.15, 0.2) is 10.7 Å². The zero-order chi connectivity index (χ0) is 15.0. The van der Waals surface area contributed by atoms with Gasteiger partial charge in [-0.05, 0) is 17.5 Å². The van der Waals surface area contributed by atoms with Gasteiger partial charge < -0.3 is 4.74 Å². The number of Topliss-reactive ketones (excluding diaryl/α,β-unsaturated/α-hetero) is 1. The highest BCUT2D eigenvalue weighted by atomic mass is 35.5. The second kappa shape index (κ2) is 5.42. The lowest BCUT2D eigenvalue weighted by Crippen LogP contribution is -2.05. The van der Waals surface area contributed by atoms with Gasteiger partial charge in [0.2, 0.25) is 5.78 Å². The predicted molar refractivity (Wildman–Crippen MR) is 80.9 cm³/mol. The molecule has 0 bridgehead atoms. The maximum atomic E-state index is 12.6. The Morgan fingerprint density at radius 2 is 2.10 bits per heavy atom. The number of hydrogen-bond donors (Lipinski definition) is 0. The summed E-state index contributed by atoms with van der Waals surface area (Å²) in [4.78, 5) is 28.1. The number of methoxy groups -OCH3 is 1. The van der Waals surface area contributed by atoms with E-state index in [0.717, 1.165) is 28.9 Å². The van der Waals surface area contributed by atoms with Crippen molar-refractivity contribution < 1.29 is 14.3 Å². The molecule has 6 heteroatoms. The Kier molecular flexibility index (Phi) is 3.61. The second-order valence-electron chi connectivity index (χ2n) is 4.44. The monoisotopic (exact) mass is 319 g/mol. The Labute approximate surface area is 130 Å². The standard InChI is InChI=1S/C15H10ClNO3S/c1-20-15(19)11-13(16)21-14(17-11)12(18)10-7-6-8-4-2-3-5-9(8)10/h2-5,7H,6H2,1H3. The van der Waals surface area contributed by atoms with Crippen LogP contribution in [0.25, 0.3) is 5.57 Å². The molecule has 0 atom stereocenters. The van der Waals surface area contributed by atoms with Gasteiger partial charge in [-0.15, -0.1) is 0 Å². The van der Waals surface area contributed by atoms with E-state index >= 15 is 0 Å². The molecule has 1 heterocycles. The lowest BCUT2D eigenvalue weighted by atomic mass is 10.0. The van der Waals surface area contributed by atoms with Crippen molar-refractivity contribution in [3.8, 4) is 0 Å². The van der Waals surface area contributed by atoms with Crippen LogP contribution in [0.1, 0.15) is 31.4 Å². The maximum Gasteiger partial charge on any atom is 0.359 e. The third kappa shape index (κ3) is 2.39. The van der Waals surface area contributed by atoms with Gasteiger partial charge in [0.1, 0.15) is 4.34 Å². The number of nitrogens with zero attached hydrogens (tertiary/aromatic N) is 1. The lowest BCUT2D eigenvalue weighted by Gasteiger charge is -2.02. The fourth-order valence-corrected chi connectivity index (χ4v) is 3.31. The van der Waals surface area contributed by atoms with E-state index < -0.39 is 5.97 Å². The number of rotatable bonds is 3. The molecular formula is C15H10ClNO3S. The summed E-state index contributed by atoms with van der Waals surface area (Å²) in [5, 5.41) is 0.198. The fraction of sp³-hybridized carbons (Fsp3) is 0.133. The highest BCUT2D eigenvalue weighted by Gasteiger charge is 2.26. The molecule has 1 aliphatic rings. The maximum absolute atomic E-state index is 12.6. The number of halogens is 1. The molecule has 0 fully saturated rings. The van der Waals surface area contributed by atoms with E-state index in [0.29, 0.717) is 5.57 Å². The molecule has 2 aromatic rings. The summed E-state index contributed by atoms with van der Waals surface area (Å²) in [5.41, 5.74) is 2.61. The summed E-state index contributed by atoms with van der Waals surface area (Å²) in [7, 11) is 1.25. The van der Waals surface area contributed by atoms with Gasteiger partial charge in [0.25, 0.3) is 0 Å². The molecule has 0 saturated heterocycles. The third-order valence-corrected chi connectivity index (χ3v) is 4.49. The Morgan fingerprint density at radius 3 is 2.86 bits per heavy atom. The van der Waals surface area contributed by atoms with Gasteiger partial charge in [-0.3, -0.25) is 4.79 Å². The van der Waals surface area contributed by atoms with Crippen LogP contribution in [0, 0.1) is 0 Å². The smallest absolute Gasteiger partial charge is 0.359 e. The van der Waals surface area contributed by atoms with E-state index in [1.165, 1.54) is 7.11 Å². The van der Waals surface area contributed by atoms with Crippen molar-refractivity contribution in [2.45, 2.75) is 6.42 Å². The van der Waals surface area contributed by atoms with Crippen LogP contribution in [-0.2, 0) is 11.2 Å². The number of ether oxygens (including phenoxy) is 1. The minimum absolute atomic E-state index is 0.0144. The molecule has 0 saturated carbocycles. The molecule has 0 spiro atoms. The first kappa shape index (κ1) is 14.0. The molecule has 3 rings (SSSR count). The Balaban J connectivity index is 1.96. The molecule has 0 amide bonds. The number of aromatic nitrogens is 1. The van der Waals surface area contributed by atoms with Gasteiger partial charge >= 0.3 is 5.97 Å². The van der Waals surface area contributed by atoms with Crippen molar-refractivity contribution in [3.63, 3.8) is 0 Å². The highest BCUT2D eigenvalue weighted by molar-refractivity contribution is 7.18. The summed E-state index contributed by atoms with van der Waals surface area (Å²) in [6.45, 7) is 0. The molecule has 106 valence electrons. The van der Waals surface area contributed by atoms with Gasteiger partial charge in [0.05, 0.1) is 7.11 Å². The Hall–Kier alpha value is -1.98. The molecule has 0 aliphatic heterocycles. The zero-order valence-corrected chi connectivity index (χ0v) is 12.6. The first-order chi connectivity index (χ1) is 10.1. The molecule has 0 unspecified atom stereocenters. The van der Waals surface area contributed by atoms with Crippen LogP contribution in [-0.4, -0.2) is 23.8 Å². The minimum atomic E-state index is -0.642. The van der Waals surface area contributed by atoms with E-state index in [4.69, 9.17) is 11.6 Å². The number of ketones is 1. The summed E-state index contributed by atoms with van der Waals surface area (Å²) >= 11 is 6.94. The van der Waals surface area contributed by atoms with E-state index in [9.17, 15) is 9.59 Å². The number of carbonyl (C=O) groups is 2. The fourth-order valence-electron chi connectivity index (χ4n) is 2.23. The molecule has 1 aromatic heterocycles. The van der Waals surface area contributed by atoms with Gasteiger partial charge in [-0.25, -0.2) is 9.78 Å². The topological polar surface area (TPSA) is 56.3 Å². The molecule has 4 nitrogen and oxygen atoms in total. The van der Waals surface area contributed by atoms with Gasteiger partial charge in [-0.1, -0.05) is 53.3 Å². The molecule has 1 aromatic carbocycles. The molecule has 0 N–H and O–H groups in total. The van der Waals surface area contributed by atoms with Gasteiger partial charge in [-0.2, -0.15) is 0 Å². The van der Waals surface area contributed by atoms with Crippen molar-refractivity contribution in [3.05, 3.63) is 56.5 Å². The number of esters is 1. The van der Waals surface area contributed by atoms with E-state index in [-0.39, 0.29) is 20.8 Å². The van der Waals surface area contributed by atoms with E-state index in [1.807, 2.05) is 30.3 Å². The second-order valence-corrected chi connectivity index (χ2v) is 6.04. The minimum Gasteiger partial charge on any atom is -0.464 e. The van der Waals surface area contributed by atoms with Crippen LogP contribution >= 0.6 is 22.9 Å². The summed E-state index contributed by atoms with van der Waals surface area (Å²) in [6, 6.07) is 7.72. The van der Waals surface area contributed by atoms with Crippen LogP contribution in [0.3, 0.4) is 0 Å². The van der Waals surface area contributed by atoms with E-state index in [2.05, 4.69) is 9.72 Å². The van der Waals surface area contributed by atoms with E-state index in [1.54, 1.807) is 0 Å². The third-order valence-electron chi connectivity index (χ3n) is 3.24.